The Balaban J connectivity index is 2.44. The molecule has 3 nitrogen and oxygen atoms in total. The predicted molar refractivity (Wildman–Crippen MR) is 57.9 cm³/mol. The smallest absolute Gasteiger partial charge is 0.224 e. The third kappa shape index (κ3) is 4.56. The van der Waals surface area contributed by atoms with Gasteiger partial charge in [0.2, 0.25) is 5.91 Å². The van der Waals surface area contributed by atoms with Crippen molar-refractivity contribution in [3.05, 3.63) is 30.1 Å². The minimum Gasteiger partial charge on any atom is -0.328 e. The maximum absolute atomic E-state index is 12.8. The molecule has 0 fully saturated rings. The zero-order valence-electron chi connectivity index (χ0n) is 8.66. The number of rotatable bonds is 4. The first-order valence-corrected chi connectivity index (χ1v) is 4.89. The van der Waals surface area contributed by atoms with Crippen LogP contribution < -0.4 is 11.1 Å². The number of carbonyl (C=O) groups is 1. The van der Waals surface area contributed by atoms with E-state index in [9.17, 15) is 9.18 Å². The van der Waals surface area contributed by atoms with Gasteiger partial charge in [0.05, 0.1) is 0 Å². The number of anilines is 1. The Bertz CT molecular complexity index is 339. The number of nitrogens with one attached hydrogen (secondary N) is 1. The van der Waals surface area contributed by atoms with E-state index in [4.69, 9.17) is 5.73 Å². The fourth-order valence-electron chi connectivity index (χ4n) is 1.15. The minimum absolute atomic E-state index is 0.00302. The molecule has 0 aliphatic rings. The Kier molecular flexibility index (Phi) is 4.24. The molecule has 82 valence electrons. The highest BCUT2D eigenvalue weighted by Crippen LogP contribution is 2.09. The predicted octanol–water partition coefficient (Wildman–Crippen LogP) is 1.89. The van der Waals surface area contributed by atoms with Crippen molar-refractivity contribution in [2.24, 2.45) is 5.73 Å². The van der Waals surface area contributed by atoms with Gasteiger partial charge in [-0.15, -0.1) is 0 Å². The summed E-state index contributed by atoms with van der Waals surface area (Å²) in [4.78, 5) is 11.3. The van der Waals surface area contributed by atoms with Crippen LogP contribution in [0.15, 0.2) is 24.3 Å². The highest BCUT2D eigenvalue weighted by atomic mass is 19.1. The summed E-state index contributed by atoms with van der Waals surface area (Å²) < 4.78 is 12.8. The van der Waals surface area contributed by atoms with Gasteiger partial charge in [-0.05, 0) is 31.5 Å². The van der Waals surface area contributed by atoms with Crippen LogP contribution in [-0.4, -0.2) is 11.9 Å². The normalized spacial score (nSPS) is 12.2. The molecule has 3 N–H and O–H groups in total. The van der Waals surface area contributed by atoms with Gasteiger partial charge in [0.1, 0.15) is 5.82 Å². The summed E-state index contributed by atoms with van der Waals surface area (Å²) in [5, 5.41) is 2.60. The maximum atomic E-state index is 12.8. The summed E-state index contributed by atoms with van der Waals surface area (Å²) in [6, 6.07) is 5.81. The summed E-state index contributed by atoms with van der Waals surface area (Å²) >= 11 is 0. The molecule has 0 spiro atoms. The molecule has 0 aliphatic carbocycles. The molecule has 1 aromatic carbocycles. The molecule has 0 aliphatic heterocycles. The summed E-state index contributed by atoms with van der Waals surface area (Å²) in [6.45, 7) is 1.84. The van der Waals surface area contributed by atoms with Crippen molar-refractivity contribution < 1.29 is 9.18 Å². The van der Waals surface area contributed by atoms with Crippen LogP contribution in [0.4, 0.5) is 10.1 Å². The van der Waals surface area contributed by atoms with Crippen molar-refractivity contribution >= 4 is 11.6 Å². The van der Waals surface area contributed by atoms with E-state index in [1.54, 1.807) is 12.1 Å². The third-order valence-electron chi connectivity index (χ3n) is 1.94. The van der Waals surface area contributed by atoms with Crippen LogP contribution in [-0.2, 0) is 4.79 Å². The van der Waals surface area contributed by atoms with Crippen LogP contribution in [0.3, 0.4) is 0 Å². The van der Waals surface area contributed by atoms with Crippen LogP contribution in [0.25, 0.3) is 0 Å². The summed E-state index contributed by atoms with van der Waals surface area (Å²) in [5.41, 5.74) is 5.99. The fraction of sp³-hybridized carbons (Fsp3) is 0.364. The summed E-state index contributed by atoms with van der Waals surface area (Å²) in [6.07, 6.45) is 0.981. The van der Waals surface area contributed by atoms with E-state index in [2.05, 4.69) is 5.32 Å². The molecule has 0 saturated carbocycles. The molecule has 0 heterocycles. The second-order valence-corrected chi connectivity index (χ2v) is 3.57. The second kappa shape index (κ2) is 5.46. The van der Waals surface area contributed by atoms with Gasteiger partial charge in [-0.3, -0.25) is 4.79 Å². The zero-order chi connectivity index (χ0) is 11.3. The quantitative estimate of drug-likeness (QED) is 0.797. The van der Waals surface area contributed by atoms with Crippen LogP contribution in [0.2, 0.25) is 0 Å². The molecule has 1 rings (SSSR count). The number of nitrogens with two attached hydrogens (primary N) is 1. The number of amides is 1. The van der Waals surface area contributed by atoms with Gasteiger partial charge in [-0.2, -0.15) is 0 Å². The summed E-state index contributed by atoms with van der Waals surface area (Å²) in [5.74, 6) is -0.502. The topological polar surface area (TPSA) is 55.1 Å². The molecule has 4 heteroatoms. The van der Waals surface area contributed by atoms with E-state index in [1.165, 1.54) is 12.1 Å². The van der Waals surface area contributed by atoms with Gasteiger partial charge in [-0.25, -0.2) is 4.39 Å². The lowest BCUT2D eigenvalue weighted by Crippen LogP contribution is -2.19. The highest BCUT2D eigenvalue weighted by molar-refractivity contribution is 5.90. The Hall–Kier alpha value is -1.42. The first-order chi connectivity index (χ1) is 7.08. The molecule has 0 saturated heterocycles. The van der Waals surface area contributed by atoms with Crippen molar-refractivity contribution in [3.8, 4) is 0 Å². The SMILES string of the molecule is CC(N)CCC(=O)Nc1cccc(F)c1. The Morgan fingerprint density at radius 1 is 1.60 bits per heavy atom. The first-order valence-electron chi connectivity index (χ1n) is 4.89. The highest BCUT2D eigenvalue weighted by Gasteiger charge is 2.04. The third-order valence-corrected chi connectivity index (χ3v) is 1.94. The Morgan fingerprint density at radius 3 is 2.93 bits per heavy atom. The largest absolute Gasteiger partial charge is 0.328 e. The van der Waals surface area contributed by atoms with Crippen LogP contribution in [0.1, 0.15) is 19.8 Å². The van der Waals surface area contributed by atoms with E-state index in [1.807, 2.05) is 6.92 Å². The lowest BCUT2D eigenvalue weighted by Gasteiger charge is -2.06. The van der Waals surface area contributed by atoms with Crippen molar-refractivity contribution in [3.63, 3.8) is 0 Å². The fourth-order valence-corrected chi connectivity index (χ4v) is 1.15. The summed E-state index contributed by atoms with van der Waals surface area (Å²) in [7, 11) is 0. The molecule has 1 amide bonds. The minimum atomic E-state index is -0.361. The lowest BCUT2D eigenvalue weighted by molar-refractivity contribution is -0.116. The van der Waals surface area contributed by atoms with Crippen molar-refractivity contribution in [1.29, 1.82) is 0 Å². The van der Waals surface area contributed by atoms with E-state index in [0.717, 1.165) is 0 Å². The average Bonchev–Trinajstić information content (AvgIpc) is 2.15. The van der Waals surface area contributed by atoms with Crippen molar-refractivity contribution in [2.45, 2.75) is 25.8 Å². The lowest BCUT2D eigenvalue weighted by atomic mass is 10.2. The average molecular weight is 210 g/mol. The van der Waals surface area contributed by atoms with Crippen LogP contribution >= 0.6 is 0 Å². The number of hydrogen-bond acceptors (Lipinski definition) is 2. The number of halogens is 1. The monoisotopic (exact) mass is 210 g/mol. The van der Waals surface area contributed by atoms with Crippen molar-refractivity contribution in [1.82, 2.24) is 0 Å². The molecule has 1 atom stereocenters. The van der Waals surface area contributed by atoms with Gasteiger partial charge in [0.25, 0.3) is 0 Å². The van der Waals surface area contributed by atoms with Gasteiger partial charge in [0, 0.05) is 18.2 Å². The van der Waals surface area contributed by atoms with Crippen molar-refractivity contribution in [2.75, 3.05) is 5.32 Å². The first kappa shape index (κ1) is 11.7. The molecule has 1 aromatic rings. The van der Waals surface area contributed by atoms with Gasteiger partial charge in [0.15, 0.2) is 0 Å². The van der Waals surface area contributed by atoms with Gasteiger partial charge in [-0.1, -0.05) is 6.07 Å². The Morgan fingerprint density at radius 2 is 2.33 bits per heavy atom. The molecule has 0 aromatic heterocycles. The number of carbonyl (C=O) groups excluding carboxylic acids is 1. The number of benzene rings is 1. The maximum Gasteiger partial charge on any atom is 0.224 e. The van der Waals surface area contributed by atoms with Crippen LogP contribution in [0.5, 0.6) is 0 Å². The molecule has 1 unspecified atom stereocenters. The Labute approximate surface area is 88.5 Å². The van der Waals surface area contributed by atoms with E-state index in [0.29, 0.717) is 18.5 Å². The van der Waals surface area contributed by atoms with E-state index < -0.39 is 0 Å². The second-order valence-electron chi connectivity index (χ2n) is 3.57. The molecular formula is C11H15FN2O. The van der Waals surface area contributed by atoms with E-state index in [-0.39, 0.29) is 17.8 Å². The van der Waals surface area contributed by atoms with Crippen LogP contribution in [0, 0.1) is 5.82 Å². The molecule has 0 bridgehead atoms. The molecule has 15 heavy (non-hydrogen) atoms. The van der Waals surface area contributed by atoms with Gasteiger partial charge >= 0.3 is 0 Å². The van der Waals surface area contributed by atoms with E-state index >= 15 is 0 Å². The standard InChI is InChI=1S/C11H15FN2O/c1-8(13)5-6-11(15)14-10-4-2-3-9(12)7-10/h2-4,7-8H,5-6,13H2,1H3,(H,14,15). The molecular weight excluding hydrogens is 195 g/mol. The number of hydrogen-bond donors (Lipinski definition) is 2. The molecule has 0 radical (unpaired) electrons. The van der Waals surface area contributed by atoms with Gasteiger partial charge < -0.3 is 11.1 Å². The zero-order valence-corrected chi connectivity index (χ0v) is 8.66.